The van der Waals surface area contributed by atoms with E-state index in [1.807, 2.05) is 31.2 Å². The number of rotatable bonds is 11. The zero-order chi connectivity index (χ0) is 24.9. The lowest BCUT2D eigenvalue weighted by Gasteiger charge is -2.19. The van der Waals surface area contributed by atoms with Crippen LogP contribution in [-0.2, 0) is 14.3 Å². The lowest BCUT2D eigenvalue weighted by Crippen LogP contribution is -2.35. The number of carbonyl (C=O) groups excluding carboxylic acids is 3. The van der Waals surface area contributed by atoms with E-state index < -0.39 is 11.7 Å². The number of hydrogen-bond donors (Lipinski definition) is 3. The molecule has 0 aliphatic rings. The second-order valence-electron chi connectivity index (χ2n) is 8.30. The molecule has 0 bridgehead atoms. The number of carbonyl (C=O) groups is 3. The molecule has 0 aromatic heterocycles. The van der Waals surface area contributed by atoms with Crippen LogP contribution in [0.25, 0.3) is 0 Å². The number of aliphatic imine (C=N–C) groups is 1. The van der Waals surface area contributed by atoms with Gasteiger partial charge in [-0.15, -0.1) is 0 Å². The van der Waals surface area contributed by atoms with Crippen LogP contribution in [0.3, 0.4) is 0 Å². The first-order valence-corrected chi connectivity index (χ1v) is 10.6. The van der Waals surface area contributed by atoms with E-state index in [0.29, 0.717) is 13.2 Å². The van der Waals surface area contributed by atoms with Crippen molar-refractivity contribution >= 4 is 24.1 Å². The van der Waals surface area contributed by atoms with Gasteiger partial charge in [-0.25, -0.2) is 4.79 Å². The molecule has 0 unspecified atom stereocenters. The second kappa shape index (κ2) is 13.8. The van der Waals surface area contributed by atoms with Crippen molar-refractivity contribution in [1.29, 1.82) is 0 Å². The highest BCUT2D eigenvalue weighted by molar-refractivity contribution is 5.89. The molecule has 0 atom stereocenters. The van der Waals surface area contributed by atoms with Gasteiger partial charge in [0, 0.05) is 32.4 Å². The summed E-state index contributed by atoms with van der Waals surface area (Å²) in [6, 6.07) is 7.67. The average Bonchev–Trinajstić information content (AvgIpc) is 2.72. The molecule has 4 N–H and O–H groups in total. The molecule has 0 aliphatic heterocycles. The Hall–Kier alpha value is -3.56. The molecule has 0 fully saturated rings. The van der Waals surface area contributed by atoms with Crippen molar-refractivity contribution in [2.75, 3.05) is 33.3 Å². The van der Waals surface area contributed by atoms with Gasteiger partial charge in [0.2, 0.25) is 11.8 Å². The third-order valence-electron chi connectivity index (χ3n) is 4.08. The summed E-state index contributed by atoms with van der Waals surface area (Å²) in [6.07, 6.45) is 1.91. The molecule has 0 saturated heterocycles. The number of allylic oxidation sites excluding steroid dienone is 1. The standard InChI is InChI=1S/C23H35N5O5/c1-17-6-8-19(9-7-17)32-13-12-28(5)21(30)16-25-15-18(14-24)27-20(29)10-11-26-22(31)33-23(2,3)4/h6-9,14-15H,10-13,16,24H2,1-5H3,(H,26,31)(H,27,29)/b18-14+,25-15?. The topological polar surface area (TPSA) is 135 Å². The predicted molar refractivity (Wildman–Crippen MR) is 127 cm³/mol. The number of ether oxygens (including phenoxy) is 2. The van der Waals surface area contributed by atoms with Crippen molar-refractivity contribution in [2.24, 2.45) is 10.7 Å². The normalized spacial score (nSPS) is 11.7. The number of alkyl carbamates (subject to hydrolysis) is 1. The van der Waals surface area contributed by atoms with Gasteiger partial charge in [-0.05, 0) is 39.8 Å². The molecule has 1 rings (SSSR count). The number of benzene rings is 1. The minimum absolute atomic E-state index is 0.0209. The fourth-order valence-corrected chi connectivity index (χ4v) is 2.34. The largest absolute Gasteiger partial charge is 0.492 e. The molecule has 0 saturated carbocycles. The maximum absolute atomic E-state index is 12.2. The number of nitrogens with one attached hydrogen (secondary N) is 2. The summed E-state index contributed by atoms with van der Waals surface area (Å²) in [5, 5.41) is 5.05. The monoisotopic (exact) mass is 461 g/mol. The van der Waals surface area contributed by atoms with Gasteiger partial charge in [0.05, 0.1) is 12.2 Å². The van der Waals surface area contributed by atoms with Gasteiger partial charge in [0.25, 0.3) is 0 Å². The van der Waals surface area contributed by atoms with E-state index in [2.05, 4.69) is 15.6 Å². The summed E-state index contributed by atoms with van der Waals surface area (Å²) in [5.41, 5.74) is 6.28. The van der Waals surface area contributed by atoms with E-state index >= 15 is 0 Å². The Morgan fingerprint density at radius 3 is 2.45 bits per heavy atom. The number of aryl methyl sites for hydroxylation is 1. The van der Waals surface area contributed by atoms with Crippen molar-refractivity contribution in [1.82, 2.24) is 15.5 Å². The first kappa shape index (κ1) is 27.5. The summed E-state index contributed by atoms with van der Waals surface area (Å²) in [5.74, 6) is 0.170. The van der Waals surface area contributed by atoms with Crippen LogP contribution in [-0.4, -0.2) is 67.9 Å². The van der Waals surface area contributed by atoms with Gasteiger partial charge in [-0.3, -0.25) is 14.6 Å². The van der Waals surface area contributed by atoms with Crippen LogP contribution >= 0.6 is 0 Å². The highest BCUT2D eigenvalue weighted by Crippen LogP contribution is 2.11. The van der Waals surface area contributed by atoms with Crippen LogP contribution in [0.5, 0.6) is 5.75 Å². The first-order chi connectivity index (χ1) is 15.5. The summed E-state index contributed by atoms with van der Waals surface area (Å²) in [6.45, 7) is 8.01. The van der Waals surface area contributed by atoms with Crippen LogP contribution in [0.15, 0.2) is 41.2 Å². The number of amides is 3. The van der Waals surface area contributed by atoms with Crippen LogP contribution in [0, 0.1) is 6.92 Å². The van der Waals surface area contributed by atoms with E-state index in [4.69, 9.17) is 15.2 Å². The maximum Gasteiger partial charge on any atom is 0.407 e. The fourth-order valence-electron chi connectivity index (χ4n) is 2.34. The summed E-state index contributed by atoms with van der Waals surface area (Å²) in [7, 11) is 1.66. The Morgan fingerprint density at radius 1 is 1.18 bits per heavy atom. The molecule has 0 heterocycles. The Labute approximate surface area is 195 Å². The fraction of sp³-hybridized carbons (Fsp3) is 0.478. The number of nitrogens with two attached hydrogens (primary N) is 1. The molecule has 10 nitrogen and oxygen atoms in total. The van der Waals surface area contributed by atoms with E-state index in [0.717, 1.165) is 11.3 Å². The minimum atomic E-state index is -0.613. The van der Waals surface area contributed by atoms with Crippen molar-refractivity contribution in [3.8, 4) is 5.75 Å². The van der Waals surface area contributed by atoms with Crippen LogP contribution in [0.4, 0.5) is 4.79 Å². The number of nitrogens with zero attached hydrogens (tertiary/aromatic N) is 2. The molecule has 3 amide bonds. The van der Waals surface area contributed by atoms with Crippen LogP contribution < -0.4 is 21.1 Å². The van der Waals surface area contributed by atoms with Gasteiger partial charge in [-0.1, -0.05) is 17.7 Å². The van der Waals surface area contributed by atoms with Crippen molar-refractivity contribution in [2.45, 2.75) is 39.7 Å². The molecule has 1 aromatic carbocycles. The number of hydrogen-bond acceptors (Lipinski definition) is 7. The predicted octanol–water partition coefficient (Wildman–Crippen LogP) is 1.73. The molecular weight excluding hydrogens is 426 g/mol. The third kappa shape index (κ3) is 12.8. The van der Waals surface area contributed by atoms with Gasteiger partial charge < -0.3 is 30.7 Å². The van der Waals surface area contributed by atoms with E-state index in [1.165, 1.54) is 17.3 Å². The molecule has 10 heteroatoms. The first-order valence-electron chi connectivity index (χ1n) is 10.6. The van der Waals surface area contributed by atoms with Gasteiger partial charge in [0.15, 0.2) is 0 Å². The smallest absolute Gasteiger partial charge is 0.407 e. The zero-order valence-corrected chi connectivity index (χ0v) is 20.0. The van der Waals surface area contributed by atoms with Gasteiger partial charge in [-0.2, -0.15) is 0 Å². The lowest BCUT2D eigenvalue weighted by atomic mass is 10.2. The van der Waals surface area contributed by atoms with Gasteiger partial charge in [0.1, 0.15) is 24.5 Å². The van der Waals surface area contributed by atoms with E-state index in [9.17, 15) is 14.4 Å². The molecule has 33 heavy (non-hydrogen) atoms. The van der Waals surface area contributed by atoms with Crippen LogP contribution in [0.2, 0.25) is 0 Å². The molecule has 0 aliphatic carbocycles. The van der Waals surface area contributed by atoms with Crippen LogP contribution in [0.1, 0.15) is 32.8 Å². The Bertz CT molecular complexity index is 844. The van der Waals surface area contributed by atoms with Gasteiger partial charge >= 0.3 is 6.09 Å². The Kier molecular flexibility index (Phi) is 11.5. The van der Waals surface area contributed by atoms with Crippen molar-refractivity contribution < 1.29 is 23.9 Å². The summed E-state index contributed by atoms with van der Waals surface area (Å²) < 4.78 is 10.7. The second-order valence-corrected chi connectivity index (χ2v) is 8.30. The average molecular weight is 462 g/mol. The van der Waals surface area contributed by atoms with E-state index in [-0.39, 0.29) is 37.0 Å². The van der Waals surface area contributed by atoms with Crippen molar-refractivity contribution in [3.63, 3.8) is 0 Å². The maximum atomic E-state index is 12.2. The Balaban J connectivity index is 2.31. The van der Waals surface area contributed by atoms with E-state index in [1.54, 1.807) is 27.8 Å². The summed E-state index contributed by atoms with van der Waals surface area (Å²) >= 11 is 0. The zero-order valence-electron chi connectivity index (χ0n) is 20.0. The lowest BCUT2D eigenvalue weighted by molar-refractivity contribution is -0.128. The third-order valence-corrected chi connectivity index (χ3v) is 4.08. The number of likely N-dealkylation sites (N-methyl/N-ethyl adjacent to an activating group) is 1. The highest BCUT2D eigenvalue weighted by Gasteiger charge is 2.16. The highest BCUT2D eigenvalue weighted by atomic mass is 16.6. The quantitative estimate of drug-likeness (QED) is 0.430. The Morgan fingerprint density at radius 2 is 1.85 bits per heavy atom. The SMILES string of the molecule is Cc1ccc(OCCN(C)C(=O)CN=C/C(=C\N)NC(=O)CCNC(=O)OC(C)(C)C)cc1. The molecule has 0 radical (unpaired) electrons. The van der Waals surface area contributed by atoms with Crippen molar-refractivity contribution in [3.05, 3.63) is 41.7 Å². The molecule has 182 valence electrons. The minimum Gasteiger partial charge on any atom is -0.492 e. The molecule has 0 spiro atoms. The molecule has 1 aromatic rings. The molecular formula is C23H35N5O5. The summed E-state index contributed by atoms with van der Waals surface area (Å²) in [4.78, 5) is 41.3.